The number of aryl methyl sites for hydroxylation is 1. The fraction of sp³-hybridized carbons (Fsp3) is 0.152. The van der Waals surface area contributed by atoms with E-state index in [9.17, 15) is 14.4 Å². The van der Waals surface area contributed by atoms with Crippen LogP contribution in [0.1, 0.15) is 30.9 Å². The number of nitrogens with one attached hydrogen (secondary N) is 1. The number of carbonyl (C=O) groups is 2. The highest BCUT2D eigenvalue weighted by atomic mass is 16.5. The summed E-state index contributed by atoms with van der Waals surface area (Å²) in [6, 6.07) is 25.9. The van der Waals surface area contributed by atoms with Gasteiger partial charge in [-0.1, -0.05) is 61.9 Å². The number of nitrogens with zero attached hydrogens (tertiary/aromatic N) is 2. The fourth-order valence-electron chi connectivity index (χ4n) is 4.33. The Morgan fingerprint density at radius 2 is 1.76 bits per heavy atom. The smallest absolute Gasteiger partial charge is 0.345 e. The van der Waals surface area contributed by atoms with Crippen LogP contribution in [0.3, 0.4) is 0 Å². The molecule has 8 nitrogen and oxygen atoms in total. The predicted molar refractivity (Wildman–Crippen MR) is 159 cm³/mol. The van der Waals surface area contributed by atoms with Gasteiger partial charge in [0.1, 0.15) is 11.3 Å². The lowest BCUT2D eigenvalue weighted by atomic mass is 10.1. The molecule has 0 spiro atoms. The molecule has 2 heterocycles. The lowest BCUT2D eigenvalue weighted by Crippen LogP contribution is -2.20. The Hall–Kier alpha value is -5.24. The summed E-state index contributed by atoms with van der Waals surface area (Å²) >= 11 is 0. The Morgan fingerprint density at radius 1 is 1.00 bits per heavy atom. The van der Waals surface area contributed by atoms with E-state index < -0.39 is 24.1 Å². The highest BCUT2D eigenvalue weighted by Gasteiger charge is 2.16. The zero-order valence-electron chi connectivity index (χ0n) is 22.6. The summed E-state index contributed by atoms with van der Waals surface area (Å²) in [4.78, 5) is 37.7. The van der Waals surface area contributed by atoms with Crippen LogP contribution in [0.2, 0.25) is 0 Å². The third kappa shape index (κ3) is 6.86. The van der Waals surface area contributed by atoms with Crippen molar-refractivity contribution in [1.29, 1.82) is 0 Å². The van der Waals surface area contributed by atoms with Crippen LogP contribution in [-0.2, 0) is 20.7 Å². The molecule has 0 aliphatic rings. The topological polar surface area (TPSA) is 103 Å². The van der Waals surface area contributed by atoms with Crippen LogP contribution in [0.15, 0.2) is 106 Å². The van der Waals surface area contributed by atoms with Crippen LogP contribution in [0.5, 0.6) is 0 Å². The number of hydrogen-bond donors (Lipinski definition) is 1. The summed E-state index contributed by atoms with van der Waals surface area (Å²) < 4.78 is 12.3. The molecule has 0 fully saturated rings. The maximum atomic E-state index is 12.9. The molecule has 0 unspecified atom stereocenters. The molecule has 0 atom stereocenters. The van der Waals surface area contributed by atoms with E-state index in [1.165, 1.54) is 17.7 Å². The van der Waals surface area contributed by atoms with Gasteiger partial charge in [-0.3, -0.25) is 4.79 Å². The van der Waals surface area contributed by atoms with E-state index in [2.05, 4.69) is 17.3 Å². The lowest BCUT2D eigenvalue weighted by Gasteiger charge is -2.06. The summed E-state index contributed by atoms with van der Waals surface area (Å²) in [7, 11) is 0. The van der Waals surface area contributed by atoms with Crippen molar-refractivity contribution >= 4 is 34.6 Å². The summed E-state index contributed by atoms with van der Waals surface area (Å²) in [5.41, 5.74) is 3.64. The third-order valence-corrected chi connectivity index (χ3v) is 6.46. The number of ether oxygens (including phenoxy) is 1. The van der Waals surface area contributed by atoms with Gasteiger partial charge < -0.3 is 14.5 Å². The molecule has 3 aromatic carbocycles. The van der Waals surface area contributed by atoms with Crippen molar-refractivity contribution in [3.63, 3.8) is 0 Å². The number of hydrogen-bond acceptors (Lipinski definition) is 6. The van der Waals surface area contributed by atoms with Crippen LogP contribution in [0, 0.1) is 0 Å². The van der Waals surface area contributed by atoms with Gasteiger partial charge in [-0.15, -0.1) is 0 Å². The Morgan fingerprint density at radius 3 is 2.54 bits per heavy atom. The van der Waals surface area contributed by atoms with Gasteiger partial charge in [-0.05, 0) is 60.9 Å². The maximum Gasteiger partial charge on any atom is 0.345 e. The number of benzene rings is 3. The second kappa shape index (κ2) is 12.7. The number of rotatable bonds is 10. The molecule has 41 heavy (non-hydrogen) atoms. The van der Waals surface area contributed by atoms with Gasteiger partial charge in [0, 0.05) is 28.9 Å². The minimum Gasteiger partial charge on any atom is -0.452 e. The highest BCUT2D eigenvalue weighted by molar-refractivity contribution is 5.95. The monoisotopic (exact) mass is 547 g/mol. The average Bonchev–Trinajstić information content (AvgIpc) is 3.43. The lowest BCUT2D eigenvalue weighted by molar-refractivity contribution is -0.142. The van der Waals surface area contributed by atoms with Crippen molar-refractivity contribution in [3.05, 3.63) is 119 Å². The summed E-state index contributed by atoms with van der Waals surface area (Å²) in [6.45, 7) is 1.70. The number of amides is 1. The minimum absolute atomic E-state index is 0.256. The van der Waals surface area contributed by atoms with E-state index in [0.717, 1.165) is 30.3 Å². The molecule has 0 saturated carbocycles. The Labute approximate surface area is 236 Å². The maximum absolute atomic E-state index is 12.9. The summed E-state index contributed by atoms with van der Waals surface area (Å²) in [5.74, 6) is -1.15. The molecule has 0 saturated heterocycles. The Kier molecular flexibility index (Phi) is 8.49. The van der Waals surface area contributed by atoms with Gasteiger partial charge in [-0.25, -0.2) is 14.3 Å². The summed E-state index contributed by atoms with van der Waals surface area (Å²) in [6.07, 6.45) is 7.64. The van der Waals surface area contributed by atoms with Gasteiger partial charge in [0.2, 0.25) is 0 Å². The average molecular weight is 548 g/mol. The van der Waals surface area contributed by atoms with E-state index in [4.69, 9.17) is 9.15 Å². The first-order valence-corrected chi connectivity index (χ1v) is 13.4. The molecule has 0 radical (unpaired) electrons. The molecule has 1 amide bonds. The van der Waals surface area contributed by atoms with Crippen molar-refractivity contribution in [2.24, 2.45) is 0 Å². The number of para-hydroxylation sites is 2. The van der Waals surface area contributed by atoms with E-state index in [-0.39, 0.29) is 5.56 Å². The first kappa shape index (κ1) is 27.3. The predicted octanol–water partition coefficient (Wildman–Crippen LogP) is 6.18. The normalized spacial score (nSPS) is 11.1. The second-order valence-corrected chi connectivity index (χ2v) is 9.49. The van der Waals surface area contributed by atoms with Crippen LogP contribution < -0.4 is 10.9 Å². The molecule has 2 aromatic heterocycles. The van der Waals surface area contributed by atoms with Crippen molar-refractivity contribution in [2.45, 2.75) is 26.2 Å². The van der Waals surface area contributed by atoms with Crippen LogP contribution in [-0.4, -0.2) is 28.3 Å². The zero-order valence-corrected chi connectivity index (χ0v) is 22.6. The van der Waals surface area contributed by atoms with E-state index in [1.807, 2.05) is 66.7 Å². The van der Waals surface area contributed by atoms with Gasteiger partial charge in [0.05, 0.1) is 11.3 Å². The number of fused-ring (bicyclic) bond motifs is 1. The molecule has 8 heteroatoms. The first-order chi connectivity index (χ1) is 20.0. The molecule has 1 N–H and O–H groups in total. The third-order valence-electron chi connectivity index (χ3n) is 6.46. The molecule has 5 rings (SSSR count). The molecule has 0 aliphatic heterocycles. The van der Waals surface area contributed by atoms with Crippen LogP contribution in [0.4, 0.5) is 5.69 Å². The standard InChI is InChI=1S/C33H29N3O5/c1-2-3-9-23-14-17-26(18-15-23)34-30(37)22-40-31(38)19-16-25-21-36(27-11-5-4-6-12-27)35-32(25)28-20-24-10-7-8-13-29(24)41-33(28)39/h4-8,10-21H,2-3,9,22H2,1H3,(H,34,37). The minimum atomic E-state index is -0.709. The van der Waals surface area contributed by atoms with Gasteiger partial charge in [0.25, 0.3) is 5.91 Å². The fourth-order valence-corrected chi connectivity index (χ4v) is 4.33. The van der Waals surface area contributed by atoms with Crippen molar-refractivity contribution < 1.29 is 18.7 Å². The van der Waals surface area contributed by atoms with E-state index in [1.54, 1.807) is 29.1 Å². The molecular weight excluding hydrogens is 518 g/mol. The molecule has 5 aromatic rings. The number of anilines is 1. The Balaban J connectivity index is 1.31. The second-order valence-electron chi connectivity index (χ2n) is 9.49. The number of unbranched alkanes of at least 4 members (excludes halogenated alkanes) is 1. The summed E-state index contributed by atoms with van der Waals surface area (Å²) in [5, 5.41) is 8.10. The Bertz CT molecular complexity index is 1750. The molecule has 206 valence electrons. The number of aromatic nitrogens is 2. The van der Waals surface area contributed by atoms with E-state index >= 15 is 0 Å². The van der Waals surface area contributed by atoms with Gasteiger partial charge >= 0.3 is 11.6 Å². The SMILES string of the molecule is CCCCc1ccc(NC(=O)COC(=O)C=Cc2cn(-c3ccccc3)nc2-c2cc3ccccc3oc2=O)cc1. The van der Waals surface area contributed by atoms with Gasteiger partial charge in [0.15, 0.2) is 6.61 Å². The molecule has 0 bridgehead atoms. The van der Waals surface area contributed by atoms with Crippen LogP contribution in [0.25, 0.3) is 34.0 Å². The highest BCUT2D eigenvalue weighted by Crippen LogP contribution is 2.25. The van der Waals surface area contributed by atoms with Crippen molar-refractivity contribution in [2.75, 3.05) is 11.9 Å². The molecule has 0 aliphatic carbocycles. The van der Waals surface area contributed by atoms with Crippen molar-refractivity contribution in [3.8, 4) is 16.9 Å². The van der Waals surface area contributed by atoms with Crippen molar-refractivity contribution in [1.82, 2.24) is 9.78 Å². The largest absolute Gasteiger partial charge is 0.452 e. The quantitative estimate of drug-likeness (QED) is 0.127. The van der Waals surface area contributed by atoms with E-state index in [0.29, 0.717) is 22.5 Å². The van der Waals surface area contributed by atoms with Crippen LogP contribution >= 0.6 is 0 Å². The number of esters is 1. The number of carbonyl (C=O) groups excluding carboxylic acids is 2. The zero-order chi connectivity index (χ0) is 28.6. The van der Waals surface area contributed by atoms with Gasteiger partial charge in [-0.2, -0.15) is 5.10 Å². The molecular formula is C33H29N3O5. The first-order valence-electron chi connectivity index (χ1n) is 13.4.